The number of thiophene rings is 1. The lowest BCUT2D eigenvalue weighted by molar-refractivity contribution is 0.433. The van der Waals surface area contributed by atoms with Crippen molar-refractivity contribution >= 4 is 37.3 Å². The molecule has 1 fully saturated rings. The molecule has 1 aliphatic carbocycles. The Morgan fingerprint density at radius 1 is 1.18 bits per heavy atom. The van der Waals surface area contributed by atoms with Crippen LogP contribution in [0.15, 0.2) is 50.5 Å². The zero-order valence-corrected chi connectivity index (χ0v) is 15.3. The molecule has 0 unspecified atom stereocenters. The molecule has 0 amide bonds. The highest BCUT2D eigenvalue weighted by atomic mass is 79.9. The van der Waals surface area contributed by atoms with E-state index in [4.69, 9.17) is 0 Å². The number of halogens is 1. The van der Waals surface area contributed by atoms with E-state index in [0.717, 1.165) is 25.7 Å². The highest BCUT2D eigenvalue weighted by molar-refractivity contribution is 9.10. The monoisotopic (exact) mass is 399 g/mol. The van der Waals surface area contributed by atoms with Gasteiger partial charge in [-0.3, -0.25) is 0 Å². The van der Waals surface area contributed by atoms with Crippen LogP contribution >= 0.6 is 27.3 Å². The fraction of sp³-hybridized carbons (Fsp3) is 0.375. The van der Waals surface area contributed by atoms with Crippen LogP contribution in [-0.2, 0) is 15.4 Å². The second-order valence-electron chi connectivity index (χ2n) is 5.75. The Kier molecular flexibility index (Phi) is 4.73. The Balaban J connectivity index is 1.83. The summed E-state index contributed by atoms with van der Waals surface area (Å²) in [6, 6.07) is 9.05. The van der Waals surface area contributed by atoms with E-state index < -0.39 is 10.0 Å². The third-order valence-corrected chi connectivity index (χ3v) is 7.52. The molecule has 22 heavy (non-hydrogen) atoms. The quantitative estimate of drug-likeness (QED) is 0.814. The lowest BCUT2D eigenvalue weighted by Gasteiger charge is -2.28. The summed E-state index contributed by atoms with van der Waals surface area (Å²) < 4.78 is 28.6. The van der Waals surface area contributed by atoms with Crippen molar-refractivity contribution in [2.75, 3.05) is 6.54 Å². The summed E-state index contributed by atoms with van der Waals surface area (Å²) in [7, 11) is -3.50. The maximum Gasteiger partial charge on any atom is 0.241 e. The van der Waals surface area contributed by atoms with E-state index in [1.807, 2.05) is 6.07 Å². The lowest BCUT2D eigenvalue weighted by Crippen LogP contribution is -2.38. The minimum atomic E-state index is -3.50. The van der Waals surface area contributed by atoms with Gasteiger partial charge in [-0.25, -0.2) is 13.1 Å². The van der Waals surface area contributed by atoms with Crippen molar-refractivity contribution in [1.29, 1.82) is 0 Å². The SMILES string of the molecule is O=S(=O)(NCC1(c2ccsc2)CCCC1)c1ccccc1Br. The molecule has 2 aromatic rings. The van der Waals surface area contributed by atoms with Gasteiger partial charge in [0.05, 0.1) is 4.90 Å². The van der Waals surface area contributed by atoms with Gasteiger partial charge >= 0.3 is 0 Å². The van der Waals surface area contributed by atoms with Crippen molar-refractivity contribution in [3.05, 3.63) is 51.1 Å². The summed E-state index contributed by atoms with van der Waals surface area (Å²) >= 11 is 4.99. The largest absolute Gasteiger partial charge is 0.241 e. The molecule has 1 heterocycles. The first-order valence-electron chi connectivity index (χ1n) is 7.30. The van der Waals surface area contributed by atoms with Gasteiger partial charge in [0.2, 0.25) is 10.0 Å². The van der Waals surface area contributed by atoms with Crippen LogP contribution in [0, 0.1) is 0 Å². The lowest BCUT2D eigenvalue weighted by atomic mass is 9.81. The Labute approximate surface area is 143 Å². The van der Waals surface area contributed by atoms with E-state index in [9.17, 15) is 8.42 Å². The molecule has 3 rings (SSSR count). The van der Waals surface area contributed by atoms with Crippen molar-refractivity contribution < 1.29 is 8.42 Å². The van der Waals surface area contributed by atoms with Crippen LogP contribution in [0.25, 0.3) is 0 Å². The third kappa shape index (κ3) is 3.15. The molecule has 6 heteroatoms. The van der Waals surface area contributed by atoms with Crippen LogP contribution < -0.4 is 4.72 Å². The molecule has 3 nitrogen and oxygen atoms in total. The molecule has 1 N–H and O–H groups in total. The van der Waals surface area contributed by atoms with E-state index in [1.54, 1.807) is 29.5 Å². The average Bonchev–Trinajstić information content (AvgIpc) is 3.18. The predicted octanol–water partition coefficient (Wildman–Crippen LogP) is 4.30. The Bertz CT molecular complexity index is 735. The molecule has 0 aliphatic heterocycles. The van der Waals surface area contributed by atoms with Crippen molar-refractivity contribution in [2.24, 2.45) is 0 Å². The molecule has 1 aliphatic rings. The van der Waals surface area contributed by atoms with Gasteiger partial charge in [0.25, 0.3) is 0 Å². The van der Waals surface area contributed by atoms with Gasteiger partial charge in [-0.05, 0) is 63.3 Å². The average molecular weight is 400 g/mol. The Hall–Kier alpha value is -0.690. The molecular formula is C16H18BrNO2S2. The number of rotatable bonds is 5. The van der Waals surface area contributed by atoms with E-state index in [1.165, 1.54) is 5.56 Å². The number of nitrogens with one attached hydrogen (secondary N) is 1. The van der Waals surface area contributed by atoms with Crippen LogP contribution in [0.4, 0.5) is 0 Å². The van der Waals surface area contributed by atoms with Gasteiger partial charge in [-0.15, -0.1) is 0 Å². The number of sulfonamides is 1. The minimum Gasteiger partial charge on any atom is -0.210 e. The second kappa shape index (κ2) is 6.43. The zero-order chi connectivity index (χ0) is 15.6. The molecule has 0 atom stereocenters. The first kappa shape index (κ1) is 16.2. The highest BCUT2D eigenvalue weighted by Crippen LogP contribution is 2.41. The Morgan fingerprint density at radius 2 is 1.91 bits per heavy atom. The van der Waals surface area contributed by atoms with E-state index in [-0.39, 0.29) is 5.41 Å². The Morgan fingerprint density at radius 3 is 2.55 bits per heavy atom. The fourth-order valence-corrected chi connectivity index (χ4v) is 6.07. The van der Waals surface area contributed by atoms with Gasteiger partial charge in [-0.2, -0.15) is 11.3 Å². The summed E-state index contributed by atoms with van der Waals surface area (Å²) in [5.41, 5.74) is 1.22. The second-order valence-corrected chi connectivity index (χ2v) is 9.12. The van der Waals surface area contributed by atoms with Gasteiger partial charge < -0.3 is 0 Å². The summed E-state index contributed by atoms with van der Waals surface area (Å²) in [6.45, 7) is 0.466. The first-order chi connectivity index (χ1) is 10.5. The van der Waals surface area contributed by atoms with Crippen LogP contribution in [0.2, 0.25) is 0 Å². The molecule has 1 aromatic heterocycles. The van der Waals surface area contributed by atoms with E-state index in [0.29, 0.717) is 15.9 Å². The van der Waals surface area contributed by atoms with Gasteiger partial charge in [0.1, 0.15) is 0 Å². The maximum atomic E-state index is 12.6. The normalized spacial score (nSPS) is 17.7. The fourth-order valence-electron chi connectivity index (χ4n) is 3.16. The summed E-state index contributed by atoms with van der Waals surface area (Å²) in [5.74, 6) is 0. The molecular weight excluding hydrogens is 382 g/mol. The minimum absolute atomic E-state index is 0.0473. The maximum absolute atomic E-state index is 12.6. The van der Waals surface area contributed by atoms with E-state index >= 15 is 0 Å². The number of hydrogen-bond acceptors (Lipinski definition) is 3. The van der Waals surface area contributed by atoms with Crippen molar-refractivity contribution in [1.82, 2.24) is 4.72 Å². The smallest absolute Gasteiger partial charge is 0.210 e. The number of benzene rings is 1. The first-order valence-corrected chi connectivity index (χ1v) is 10.5. The molecule has 0 spiro atoms. The highest BCUT2D eigenvalue weighted by Gasteiger charge is 2.37. The van der Waals surface area contributed by atoms with E-state index in [2.05, 4.69) is 37.5 Å². The molecule has 0 radical (unpaired) electrons. The van der Waals surface area contributed by atoms with Crippen molar-refractivity contribution in [3.8, 4) is 0 Å². The topological polar surface area (TPSA) is 46.2 Å². The van der Waals surface area contributed by atoms with Gasteiger partial charge in [0, 0.05) is 16.4 Å². The number of hydrogen-bond donors (Lipinski definition) is 1. The molecule has 1 saturated carbocycles. The molecule has 0 saturated heterocycles. The van der Waals surface area contributed by atoms with Crippen LogP contribution in [0.3, 0.4) is 0 Å². The molecule has 1 aromatic carbocycles. The summed E-state index contributed by atoms with van der Waals surface area (Å²) in [6.07, 6.45) is 4.41. The van der Waals surface area contributed by atoms with Crippen LogP contribution in [-0.4, -0.2) is 15.0 Å². The van der Waals surface area contributed by atoms with Crippen LogP contribution in [0.1, 0.15) is 31.2 Å². The van der Waals surface area contributed by atoms with Crippen molar-refractivity contribution in [2.45, 2.75) is 36.0 Å². The third-order valence-electron chi connectivity index (χ3n) is 4.42. The summed E-state index contributed by atoms with van der Waals surface area (Å²) in [4.78, 5) is 0.300. The van der Waals surface area contributed by atoms with Crippen molar-refractivity contribution in [3.63, 3.8) is 0 Å². The van der Waals surface area contributed by atoms with Crippen LogP contribution in [0.5, 0.6) is 0 Å². The summed E-state index contributed by atoms with van der Waals surface area (Å²) in [5, 5.41) is 4.22. The molecule has 0 bridgehead atoms. The predicted molar refractivity (Wildman–Crippen MR) is 93.8 cm³/mol. The van der Waals surface area contributed by atoms with Gasteiger partial charge in [0.15, 0.2) is 0 Å². The molecule has 118 valence electrons. The zero-order valence-electron chi connectivity index (χ0n) is 12.1. The van der Waals surface area contributed by atoms with Gasteiger partial charge in [-0.1, -0.05) is 25.0 Å². The standard InChI is InChI=1S/C16H18BrNO2S2/c17-14-5-1-2-6-15(14)22(19,20)18-12-16(8-3-4-9-16)13-7-10-21-11-13/h1-2,5-7,10-11,18H,3-4,8-9,12H2.